The second-order valence-corrected chi connectivity index (χ2v) is 3.17. The lowest BCUT2D eigenvalue weighted by Crippen LogP contribution is -1.99. The maximum absolute atomic E-state index is 11.7. The molecule has 0 aliphatic carbocycles. The van der Waals surface area contributed by atoms with Crippen LogP contribution in [0.2, 0.25) is 0 Å². The van der Waals surface area contributed by atoms with Crippen molar-refractivity contribution < 1.29 is 24.5 Å². The van der Waals surface area contributed by atoms with Gasteiger partial charge in [-0.2, -0.15) is 0 Å². The Balaban J connectivity index is 2.46. The molecule has 0 unspecified atom stereocenters. The van der Waals surface area contributed by atoms with Crippen molar-refractivity contribution in [2.75, 3.05) is 0 Å². The number of carbonyl (C=O) groups is 1. The highest BCUT2D eigenvalue weighted by atomic mass is 16.3. The lowest BCUT2D eigenvalue weighted by atomic mass is 10.1. The van der Waals surface area contributed by atoms with Gasteiger partial charge in [-0.25, -0.2) is 0 Å². The fourth-order valence-electron chi connectivity index (χ4n) is 1.29. The first-order chi connectivity index (χ1) is 7.59. The molecule has 0 radical (unpaired) electrons. The van der Waals surface area contributed by atoms with Crippen LogP contribution in [-0.2, 0) is 0 Å². The van der Waals surface area contributed by atoms with Gasteiger partial charge in [0.15, 0.2) is 23.0 Å². The molecule has 0 fully saturated rings. The molecule has 0 saturated heterocycles. The Morgan fingerprint density at radius 2 is 1.75 bits per heavy atom. The summed E-state index contributed by atoms with van der Waals surface area (Å²) in [6, 6.07) is 5.12. The van der Waals surface area contributed by atoms with E-state index in [0.717, 1.165) is 12.1 Å². The van der Waals surface area contributed by atoms with Crippen LogP contribution in [0.4, 0.5) is 0 Å². The molecule has 0 atom stereocenters. The van der Waals surface area contributed by atoms with E-state index in [-0.39, 0.29) is 11.3 Å². The highest BCUT2D eigenvalue weighted by Crippen LogP contribution is 2.35. The van der Waals surface area contributed by atoms with E-state index >= 15 is 0 Å². The van der Waals surface area contributed by atoms with E-state index in [1.165, 1.54) is 12.3 Å². The maximum atomic E-state index is 11.7. The summed E-state index contributed by atoms with van der Waals surface area (Å²) in [7, 11) is 0. The minimum absolute atomic E-state index is 0.0303. The number of aromatic hydroxyl groups is 3. The number of hydrogen-bond donors (Lipinski definition) is 3. The first-order valence-electron chi connectivity index (χ1n) is 4.42. The molecule has 82 valence electrons. The molecule has 5 heteroatoms. The van der Waals surface area contributed by atoms with Crippen LogP contribution in [0.1, 0.15) is 16.1 Å². The number of carbonyl (C=O) groups excluding carboxylic acids is 1. The third kappa shape index (κ3) is 1.58. The predicted octanol–water partition coefficient (Wildman–Crippen LogP) is 1.63. The predicted molar refractivity (Wildman–Crippen MR) is 53.6 cm³/mol. The van der Waals surface area contributed by atoms with Crippen molar-refractivity contribution in [3.63, 3.8) is 0 Å². The zero-order chi connectivity index (χ0) is 11.7. The zero-order valence-electron chi connectivity index (χ0n) is 8.04. The van der Waals surface area contributed by atoms with Gasteiger partial charge in [0, 0.05) is 5.56 Å². The summed E-state index contributed by atoms with van der Waals surface area (Å²) in [6.45, 7) is 0. The summed E-state index contributed by atoms with van der Waals surface area (Å²) in [6.07, 6.45) is 1.34. The molecule has 1 aromatic heterocycles. The summed E-state index contributed by atoms with van der Waals surface area (Å²) < 4.78 is 4.88. The number of furan rings is 1. The van der Waals surface area contributed by atoms with E-state index in [4.69, 9.17) is 9.52 Å². The Bertz CT molecular complexity index is 504. The first kappa shape index (κ1) is 10.1. The number of ketones is 1. The molecular formula is C11H8O5. The highest BCUT2D eigenvalue weighted by molar-refractivity contribution is 6.07. The van der Waals surface area contributed by atoms with Crippen molar-refractivity contribution in [3.8, 4) is 17.2 Å². The molecule has 5 nitrogen and oxygen atoms in total. The topological polar surface area (TPSA) is 90.9 Å². The quantitative estimate of drug-likeness (QED) is 0.528. The van der Waals surface area contributed by atoms with Gasteiger partial charge in [-0.1, -0.05) is 0 Å². The minimum atomic E-state index is -0.656. The lowest BCUT2D eigenvalue weighted by Gasteiger charge is -2.03. The summed E-state index contributed by atoms with van der Waals surface area (Å²) in [5.74, 6) is -2.18. The van der Waals surface area contributed by atoms with Crippen LogP contribution >= 0.6 is 0 Å². The van der Waals surface area contributed by atoms with Crippen molar-refractivity contribution in [2.45, 2.75) is 0 Å². The summed E-state index contributed by atoms with van der Waals surface area (Å²) in [5.41, 5.74) is 0.0303. The van der Waals surface area contributed by atoms with Crippen molar-refractivity contribution in [1.82, 2.24) is 0 Å². The Morgan fingerprint density at radius 1 is 1.12 bits per heavy atom. The molecule has 1 heterocycles. The summed E-state index contributed by atoms with van der Waals surface area (Å²) >= 11 is 0. The molecule has 0 amide bonds. The third-order valence-corrected chi connectivity index (χ3v) is 2.08. The largest absolute Gasteiger partial charge is 0.504 e. The smallest absolute Gasteiger partial charge is 0.228 e. The average molecular weight is 220 g/mol. The molecule has 16 heavy (non-hydrogen) atoms. The molecule has 0 aliphatic heterocycles. The Morgan fingerprint density at radius 3 is 2.25 bits per heavy atom. The van der Waals surface area contributed by atoms with E-state index in [0.29, 0.717) is 0 Å². The lowest BCUT2D eigenvalue weighted by molar-refractivity contribution is 0.101. The van der Waals surface area contributed by atoms with Gasteiger partial charge < -0.3 is 19.7 Å². The first-order valence-corrected chi connectivity index (χ1v) is 4.42. The van der Waals surface area contributed by atoms with E-state index in [9.17, 15) is 15.0 Å². The molecule has 1 aromatic carbocycles. The standard InChI is InChI=1S/C11H8O5/c12-7-4-6(5-8(13)11(7)15)10(14)9-2-1-3-16-9/h1-5,12-13,15H. The molecule has 0 bridgehead atoms. The number of rotatable bonds is 2. The fourth-order valence-corrected chi connectivity index (χ4v) is 1.29. The fraction of sp³-hybridized carbons (Fsp3) is 0. The van der Waals surface area contributed by atoms with Crippen molar-refractivity contribution in [1.29, 1.82) is 0 Å². The van der Waals surface area contributed by atoms with Gasteiger partial charge in [-0.05, 0) is 24.3 Å². The Labute approximate surface area is 90.2 Å². The van der Waals surface area contributed by atoms with Gasteiger partial charge >= 0.3 is 0 Å². The number of phenols is 3. The van der Waals surface area contributed by atoms with E-state index in [1.54, 1.807) is 6.07 Å². The summed E-state index contributed by atoms with van der Waals surface area (Å²) in [4.78, 5) is 11.7. The molecule has 2 aromatic rings. The van der Waals surface area contributed by atoms with Crippen LogP contribution in [0.15, 0.2) is 34.9 Å². The van der Waals surface area contributed by atoms with Gasteiger partial charge in [0.05, 0.1) is 6.26 Å². The molecule has 0 spiro atoms. The second-order valence-electron chi connectivity index (χ2n) is 3.17. The van der Waals surface area contributed by atoms with Crippen LogP contribution in [0.5, 0.6) is 17.2 Å². The molecule has 3 N–H and O–H groups in total. The van der Waals surface area contributed by atoms with E-state index in [2.05, 4.69) is 0 Å². The normalized spacial score (nSPS) is 10.2. The Hall–Kier alpha value is -2.43. The van der Waals surface area contributed by atoms with Crippen LogP contribution in [0.25, 0.3) is 0 Å². The SMILES string of the molecule is O=C(c1cc(O)c(O)c(O)c1)c1ccco1. The van der Waals surface area contributed by atoms with Crippen molar-refractivity contribution in [2.24, 2.45) is 0 Å². The summed E-state index contributed by atoms with van der Waals surface area (Å²) in [5, 5.41) is 27.6. The van der Waals surface area contributed by atoms with Crippen molar-refractivity contribution >= 4 is 5.78 Å². The molecular weight excluding hydrogens is 212 g/mol. The minimum Gasteiger partial charge on any atom is -0.504 e. The Kier molecular flexibility index (Phi) is 2.28. The van der Waals surface area contributed by atoms with Gasteiger partial charge in [0.25, 0.3) is 0 Å². The van der Waals surface area contributed by atoms with Crippen LogP contribution in [0.3, 0.4) is 0 Å². The maximum Gasteiger partial charge on any atom is 0.228 e. The monoisotopic (exact) mass is 220 g/mol. The van der Waals surface area contributed by atoms with Gasteiger partial charge in [-0.15, -0.1) is 0 Å². The number of benzene rings is 1. The van der Waals surface area contributed by atoms with Gasteiger partial charge in [0.2, 0.25) is 5.78 Å². The molecule has 0 aliphatic rings. The molecule has 0 saturated carbocycles. The van der Waals surface area contributed by atoms with Crippen LogP contribution in [0, 0.1) is 0 Å². The van der Waals surface area contributed by atoms with Crippen molar-refractivity contribution in [3.05, 3.63) is 41.9 Å². The third-order valence-electron chi connectivity index (χ3n) is 2.08. The van der Waals surface area contributed by atoms with E-state index in [1.807, 2.05) is 0 Å². The zero-order valence-corrected chi connectivity index (χ0v) is 8.04. The van der Waals surface area contributed by atoms with Gasteiger partial charge in [0.1, 0.15) is 0 Å². The molecule has 2 rings (SSSR count). The van der Waals surface area contributed by atoms with Crippen LogP contribution in [-0.4, -0.2) is 21.1 Å². The highest BCUT2D eigenvalue weighted by Gasteiger charge is 2.16. The van der Waals surface area contributed by atoms with Gasteiger partial charge in [-0.3, -0.25) is 4.79 Å². The number of hydrogen-bond acceptors (Lipinski definition) is 5. The van der Waals surface area contributed by atoms with Crippen LogP contribution < -0.4 is 0 Å². The number of phenolic OH excluding ortho intramolecular Hbond substituents is 3. The second kappa shape index (κ2) is 3.62. The average Bonchev–Trinajstić information content (AvgIpc) is 2.77. The van der Waals surface area contributed by atoms with E-state index < -0.39 is 23.0 Å².